The molecule has 2 aromatic rings. The van der Waals surface area contributed by atoms with Crippen LogP contribution in [0.5, 0.6) is 0 Å². The average molecular weight is 420 g/mol. The minimum absolute atomic E-state index is 0.0661. The Hall–Kier alpha value is -2.00. The van der Waals surface area contributed by atoms with E-state index in [-0.39, 0.29) is 23.4 Å². The van der Waals surface area contributed by atoms with Crippen molar-refractivity contribution in [1.82, 2.24) is 14.9 Å². The molecule has 150 valence electrons. The maximum Gasteiger partial charge on any atom is 0.251 e. The molecule has 0 radical (unpaired) electrons. The fourth-order valence-corrected chi connectivity index (χ4v) is 5.20. The zero-order chi connectivity index (χ0) is 20.0. The van der Waals surface area contributed by atoms with Gasteiger partial charge < -0.3 is 5.32 Å². The fourth-order valence-electron chi connectivity index (χ4n) is 3.29. The van der Waals surface area contributed by atoms with E-state index in [2.05, 4.69) is 27.6 Å². The van der Waals surface area contributed by atoms with Crippen molar-refractivity contribution in [2.45, 2.75) is 23.8 Å². The summed E-state index contributed by atoms with van der Waals surface area (Å²) in [6, 6.07) is 10.3. The van der Waals surface area contributed by atoms with E-state index in [1.54, 1.807) is 23.5 Å². The number of hydrogen-bond acceptors (Lipinski definition) is 5. The fraction of sp³-hybridized carbons (Fsp3) is 0.350. The normalized spacial score (nSPS) is 16.0. The Morgan fingerprint density at radius 1 is 1.25 bits per heavy atom. The van der Waals surface area contributed by atoms with Crippen molar-refractivity contribution >= 4 is 27.3 Å². The molecule has 1 atom stereocenters. The highest BCUT2D eigenvalue weighted by Crippen LogP contribution is 2.28. The SMILES string of the molecule is C=CCNS(=O)(=O)c1cccc(C(=O)NC[C@H](c2cccs2)N2CCCC2)c1. The lowest BCUT2D eigenvalue weighted by Crippen LogP contribution is -2.36. The number of carbonyl (C=O) groups excluding carboxylic acids is 1. The van der Waals surface area contributed by atoms with E-state index < -0.39 is 10.0 Å². The first kappa shape index (κ1) is 20.7. The lowest BCUT2D eigenvalue weighted by molar-refractivity contribution is 0.0938. The van der Waals surface area contributed by atoms with Crippen LogP contribution in [0.1, 0.15) is 34.1 Å². The minimum Gasteiger partial charge on any atom is -0.350 e. The van der Waals surface area contributed by atoms with Gasteiger partial charge in [-0.05, 0) is 55.6 Å². The first-order chi connectivity index (χ1) is 13.5. The van der Waals surface area contributed by atoms with Crippen LogP contribution < -0.4 is 10.0 Å². The molecule has 0 spiro atoms. The van der Waals surface area contributed by atoms with Gasteiger partial charge in [-0.2, -0.15) is 0 Å². The van der Waals surface area contributed by atoms with Gasteiger partial charge in [0.25, 0.3) is 5.91 Å². The lowest BCUT2D eigenvalue weighted by atomic mass is 10.2. The molecule has 1 amide bonds. The van der Waals surface area contributed by atoms with E-state index in [1.807, 2.05) is 11.4 Å². The Bertz CT molecular complexity index is 905. The van der Waals surface area contributed by atoms with Crippen LogP contribution in [0.2, 0.25) is 0 Å². The van der Waals surface area contributed by atoms with Crippen molar-refractivity contribution < 1.29 is 13.2 Å². The number of carbonyl (C=O) groups is 1. The van der Waals surface area contributed by atoms with Crippen LogP contribution in [0.15, 0.2) is 59.3 Å². The van der Waals surface area contributed by atoms with E-state index >= 15 is 0 Å². The van der Waals surface area contributed by atoms with Gasteiger partial charge in [0.15, 0.2) is 0 Å². The van der Waals surface area contributed by atoms with Gasteiger partial charge in [-0.25, -0.2) is 13.1 Å². The summed E-state index contributed by atoms with van der Waals surface area (Å²) in [5, 5.41) is 5.03. The smallest absolute Gasteiger partial charge is 0.251 e. The molecule has 1 aliphatic rings. The van der Waals surface area contributed by atoms with Gasteiger partial charge in [0.05, 0.1) is 10.9 Å². The average Bonchev–Trinajstić information content (AvgIpc) is 3.41. The number of benzene rings is 1. The zero-order valence-electron chi connectivity index (χ0n) is 15.6. The van der Waals surface area contributed by atoms with Crippen LogP contribution in [0.4, 0.5) is 0 Å². The van der Waals surface area contributed by atoms with Gasteiger partial charge in [0, 0.05) is 23.5 Å². The standard InChI is InChI=1S/C20H25N3O3S2/c1-2-10-22-28(25,26)17-8-5-7-16(14-17)20(24)21-15-18(19-9-6-13-27-19)23-11-3-4-12-23/h2,5-9,13-14,18,22H,1,3-4,10-12,15H2,(H,21,24)/t18-/m1/s1. The lowest BCUT2D eigenvalue weighted by Gasteiger charge is -2.27. The molecule has 28 heavy (non-hydrogen) atoms. The summed E-state index contributed by atoms with van der Waals surface area (Å²) >= 11 is 1.69. The largest absolute Gasteiger partial charge is 0.350 e. The van der Waals surface area contributed by atoms with Crippen LogP contribution in [0.25, 0.3) is 0 Å². The highest BCUT2D eigenvalue weighted by molar-refractivity contribution is 7.89. The molecule has 1 saturated heterocycles. The Kier molecular flexibility index (Phi) is 7.01. The first-order valence-electron chi connectivity index (χ1n) is 9.27. The number of likely N-dealkylation sites (tertiary alicyclic amines) is 1. The molecular formula is C20H25N3O3S2. The molecule has 1 fully saturated rings. The van der Waals surface area contributed by atoms with Crippen molar-refractivity contribution in [2.24, 2.45) is 0 Å². The predicted octanol–water partition coefficient (Wildman–Crippen LogP) is 2.78. The van der Waals surface area contributed by atoms with Gasteiger partial charge in [0.1, 0.15) is 0 Å². The first-order valence-corrected chi connectivity index (χ1v) is 11.6. The Morgan fingerprint density at radius 2 is 2.04 bits per heavy atom. The summed E-state index contributed by atoms with van der Waals surface area (Å²) in [6.45, 7) is 6.19. The summed E-state index contributed by atoms with van der Waals surface area (Å²) in [7, 11) is -3.67. The monoisotopic (exact) mass is 419 g/mol. The number of nitrogens with zero attached hydrogens (tertiary/aromatic N) is 1. The molecule has 2 N–H and O–H groups in total. The van der Waals surface area contributed by atoms with E-state index in [4.69, 9.17) is 0 Å². The second-order valence-electron chi connectivity index (χ2n) is 6.65. The van der Waals surface area contributed by atoms with Gasteiger partial charge in [-0.15, -0.1) is 17.9 Å². The Morgan fingerprint density at radius 3 is 2.71 bits per heavy atom. The van der Waals surface area contributed by atoms with E-state index in [1.165, 1.54) is 35.9 Å². The quantitative estimate of drug-likeness (QED) is 0.613. The topological polar surface area (TPSA) is 78.5 Å². The molecule has 0 bridgehead atoms. The number of rotatable bonds is 9. The van der Waals surface area contributed by atoms with Crippen molar-refractivity contribution in [3.63, 3.8) is 0 Å². The third-order valence-corrected chi connectivity index (χ3v) is 7.13. The number of thiophene rings is 1. The molecule has 0 unspecified atom stereocenters. The summed E-state index contributed by atoms with van der Waals surface area (Å²) in [5.41, 5.74) is 0.327. The molecule has 1 aliphatic heterocycles. The number of hydrogen-bond donors (Lipinski definition) is 2. The minimum atomic E-state index is -3.67. The van der Waals surface area contributed by atoms with Crippen LogP contribution in [-0.4, -0.2) is 45.4 Å². The number of nitrogens with one attached hydrogen (secondary N) is 2. The van der Waals surface area contributed by atoms with Gasteiger partial charge in [0.2, 0.25) is 10.0 Å². The third-order valence-electron chi connectivity index (χ3n) is 4.73. The second-order valence-corrected chi connectivity index (χ2v) is 9.40. The molecule has 6 nitrogen and oxygen atoms in total. The Balaban J connectivity index is 1.70. The van der Waals surface area contributed by atoms with E-state index in [0.717, 1.165) is 13.1 Å². The van der Waals surface area contributed by atoms with Crippen LogP contribution in [0.3, 0.4) is 0 Å². The summed E-state index contributed by atoms with van der Waals surface area (Å²) in [6.07, 6.45) is 3.82. The van der Waals surface area contributed by atoms with Crippen LogP contribution >= 0.6 is 11.3 Å². The summed E-state index contributed by atoms with van der Waals surface area (Å²) in [4.78, 5) is 16.4. The highest BCUT2D eigenvalue weighted by Gasteiger charge is 2.25. The maximum absolute atomic E-state index is 12.7. The van der Waals surface area contributed by atoms with Gasteiger partial charge in [-0.3, -0.25) is 9.69 Å². The van der Waals surface area contributed by atoms with Crippen LogP contribution in [0, 0.1) is 0 Å². The van der Waals surface area contributed by atoms with Gasteiger partial charge >= 0.3 is 0 Å². The molecule has 1 aromatic heterocycles. The molecule has 2 heterocycles. The van der Waals surface area contributed by atoms with E-state index in [0.29, 0.717) is 12.1 Å². The highest BCUT2D eigenvalue weighted by atomic mass is 32.2. The number of amides is 1. The Labute approximate surface area is 170 Å². The molecule has 8 heteroatoms. The van der Waals surface area contributed by atoms with Crippen LogP contribution in [-0.2, 0) is 10.0 Å². The maximum atomic E-state index is 12.7. The van der Waals surface area contributed by atoms with Crippen molar-refractivity contribution in [2.75, 3.05) is 26.2 Å². The molecule has 0 aliphatic carbocycles. The van der Waals surface area contributed by atoms with Crippen molar-refractivity contribution in [3.8, 4) is 0 Å². The molecular weight excluding hydrogens is 394 g/mol. The van der Waals surface area contributed by atoms with Crippen molar-refractivity contribution in [1.29, 1.82) is 0 Å². The third kappa shape index (κ3) is 5.08. The van der Waals surface area contributed by atoms with Crippen molar-refractivity contribution in [3.05, 3.63) is 64.9 Å². The number of sulfonamides is 1. The molecule has 0 saturated carbocycles. The predicted molar refractivity (Wildman–Crippen MR) is 112 cm³/mol. The zero-order valence-corrected chi connectivity index (χ0v) is 17.3. The summed E-state index contributed by atoms with van der Waals surface area (Å²) < 4.78 is 26.9. The molecule has 1 aromatic carbocycles. The second kappa shape index (κ2) is 9.47. The molecule has 3 rings (SSSR count). The van der Waals surface area contributed by atoms with E-state index in [9.17, 15) is 13.2 Å². The van der Waals surface area contributed by atoms with Gasteiger partial charge in [-0.1, -0.05) is 18.2 Å². The summed E-state index contributed by atoms with van der Waals surface area (Å²) in [5.74, 6) is -0.276.